The van der Waals surface area contributed by atoms with Crippen molar-refractivity contribution < 1.29 is 19.1 Å². The summed E-state index contributed by atoms with van der Waals surface area (Å²) >= 11 is 0. The second kappa shape index (κ2) is 7.37. The summed E-state index contributed by atoms with van der Waals surface area (Å²) in [6.45, 7) is 5.90. The van der Waals surface area contributed by atoms with Crippen molar-refractivity contribution in [3.05, 3.63) is 11.8 Å². The summed E-state index contributed by atoms with van der Waals surface area (Å²) in [4.78, 5) is 25.8. The molecule has 1 N–H and O–H groups in total. The molecule has 0 radical (unpaired) electrons. The molecule has 1 saturated heterocycles. The van der Waals surface area contributed by atoms with Gasteiger partial charge in [-0.1, -0.05) is 0 Å². The third kappa shape index (κ3) is 4.28. The van der Waals surface area contributed by atoms with E-state index in [-0.39, 0.29) is 18.6 Å². The van der Waals surface area contributed by atoms with Gasteiger partial charge >= 0.3 is 5.97 Å². The van der Waals surface area contributed by atoms with E-state index in [0.717, 1.165) is 5.69 Å². The third-order valence-electron chi connectivity index (χ3n) is 3.55. The molecule has 8 heteroatoms. The Labute approximate surface area is 129 Å². The summed E-state index contributed by atoms with van der Waals surface area (Å²) in [5, 5.41) is 6.78. The number of rotatable bonds is 5. The van der Waals surface area contributed by atoms with Gasteiger partial charge in [0, 0.05) is 26.2 Å². The fourth-order valence-electron chi connectivity index (χ4n) is 2.28. The van der Waals surface area contributed by atoms with Crippen LogP contribution in [0.2, 0.25) is 0 Å². The summed E-state index contributed by atoms with van der Waals surface area (Å²) in [5.74, 6) is -0.219. The van der Waals surface area contributed by atoms with Crippen LogP contribution in [0.15, 0.2) is 6.07 Å². The van der Waals surface area contributed by atoms with Gasteiger partial charge in [-0.3, -0.25) is 19.2 Å². The average molecular weight is 310 g/mol. The zero-order valence-electron chi connectivity index (χ0n) is 13.2. The highest BCUT2D eigenvalue weighted by Crippen LogP contribution is 2.08. The molecule has 0 spiro atoms. The van der Waals surface area contributed by atoms with Gasteiger partial charge in [0.25, 0.3) is 5.91 Å². The number of esters is 1. The van der Waals surface area contributed by atoms with Gasteiger partial charge in [-0.15, -0.1) is 0 Å². The lowest BCUT2D eigenvalue weighted by molar-refractivity contribution is -0.153. The van der Waals surface area contributed by atoms with Crippen LogP contribution in [0.4, 0.5) is 5.82 Å². The Morgan fingerprint density at radius 3 is 2.73 bits per heavy atom. The number of aryl methyl sites for hydroxylation is 2. The number of carbonyl (C=O) groups is 2. The molecule has 0 bridgehead atoms. The first-order valence-electron chi connectivity index (χ1n) is 7.26. The van der Waals surface area contributed by atoms with Crippen molar-refractivity contribution in [3.63, 3.8) is 0 Å². The first kappa shape index (κ1) is 16.4. The molecule has 1 fully saturated rings. The predicted octanol–water partition coefficient (Wildman–Crippen LogP) is -0.0691. The molecule has 1 aliphatic rings. The number of carbonyl (C=O) groups excluding carboxylic acids is 2. The number of aromatic nitrogens is 2. The van der Waals surface area contributed by atoms with Crippen LogP contribution in [-0.2, 0) is 26.1 Å². The van der Waals surface area contributed by atoms with Gasteiger partial charge in [0.15, 0.2) is 6.61 Å². The molecule has 1 aliphatic heterocycles. The Morgan fingerprint density at radius 1 is 1.45 bits per heavy atom. The maximum Gasteiger partial charge on any atom is 0.323 e. The van der Waals surface area contributed by atoms with E-state index < -0.39 is 5.97 Å². The predicted molar refractivity (Wildman–Crippen MR) is 79.4 cm³/mol. The lowest BCUT2D eigenvalue weighted by Crippen LogP contribution is -2.46. The van der Waals surface area contributed by atoms with Gasteiger partial charge in [-0.25, -0.2) is 0 Å². The molecule has 1 aromatic rings. The number of morpholine rings is 1. The summed E-state index contributed by atoms with van der Waals surface area (Å²) in [6.07, 6.45) is 0. The third-order valence-corrected chi connectivity index (χ3v) is 3.55. The molecule has 1 aromatic heterocycles. The fourth-order valence-corrected chi connectivity index (χ4v) is 2.28. The Kier molecular flexibility index (Phi) is 5.51. The first-order chi connectivity index (χ1) is 10.5. The normalized spacial score (nSPS) is 17.0. The van der Waals surface area contributed by atoms with Crippen molar-refractivity contribution in [1.82, 2.24) is 14.7 Å². The molecule has 2 heterocycles. The molecule has 1 unspecified atom stereocenters. The van der Waals surface area contributed by atoms with Crippen LogP contribution in [0.25, 0.3) is 0 Å². The number of nitrogens with zero attached hydrogens (tertiary/aromatic N) is 3. The Bertz CT molecular complexity index is 537. The maximum atomic E-state index is 12.0. The van der Waals surface area contributed by atoms with Gasteiger partial charge in [0.2, 0.25) is 0 Å². The Morgan fingerprint density at radius 2 is 2.14 bits per heavy atom. The number of hydrogen-bond donors (Lipinski definition) is 1. The van der Waals surface area contributed by atoms with Crippen LogP contribution < -0.4 is 5.32 Å². The number of anilines is 1. The van der Waals surface area contributed by atoms with Crippen molar-refractivity contribution in [2.24, 2.45) is 7.05 Å². The van der Waals surface area contributed by atoms with Crippen LogP contribution in [0.3, 0.4) is 0 Å². The van der Waals surface area contributed by atoms with Gasteiger partial charge in [0.1, 0.15) is 11.9 Å². The van der Waals surface area contributed by atoms with Crippen molar-refractivity contribution in [1.29, 1.82) is 0 Å². The van der Waals surface area contributed by atoms with Gasteiger partial charge in [0.05, 0.1) is 18.9 Å². The van der Waals surface area contributed by atoms with Crippen LogP contribution in [0, 0.1) is 6.92 Å². The van der Waals surface area contributed by atoms with E-state index in [1.165, 1.54) is 0 Å². The number of ether oxygens (including phenoxy) is 2. The molecule has 2 rings (SSSR count). The molecule has 8 nitrogen and oxygen atoms in total. The van der Waals surface area contributed by atoms with Crippen molar-refractivity contribution in [2.45, 2.75) is 19.9 Å². The summed E-state index contributed by atoms with van der Waals surface area (Å²) in [5.41, 5.74) is 0.802. The van der Waals surface area contributed by atoms with Crippen molar-refractivity contribution >= 4 is 17.7 Å². The quantitative estimate of drug-likeness (QED) is 0.766. The molecule has 122 valence electrons. The van der Waals surface area contributed by atoms with E-state index in [9.17, 15) is 9.59 Å². The van der Waals surface area contributed by atoms with Crippen LogP contribution in [0.5, 0.6) is 0 Å². The smallest absolute Gasteiger partial charge is 0.323 e. The second-order valence-electron chi connectivity index (χ2n) is 5.27. The van der Waals surface area contributed by atoms with Crippen LogP contribution >= 0.6 is 0 Å². The monoisotopic (exact) mass is 310 g/mol. The lowest BCUT2D eigenvalue weighted by Gasteiger charge is -2.30. The van der Waals surface area contributed by atoms with Gasteiger partial charge in [-0.2, -0.15) is 5.10 Å². The Balaban J connectivity index is 1.77. The van der Waals surface area contributed by atoms with Crippen LogP contribution in [-0.4, -0.2) is 65.5 Å². The number of amides is 1. The minimum atomic E-state index is -0.404. The van der Waals surface area contributed by atoms with E-state index in [1.54, 1.807) is 24.7 Å². The molecule has 22 heavy (non-hydrogen) atoms. The molecular formula is C14H22N4O4. The number of hydrogen-bond acceptors (Lipinski definition) is 6. The lowest BCUT2D eigenvalue weighted by atomic mass is 10.2. The van der Waals surface area contributed by atoms with E-state index in [0.29, 0.717) is 32.1 Å². The Hall–Kier alpha value is -1.93. The van der Waals surface area contributed by atoms with Crippen molar-refractivity contribution in [2.75, 3.05) is 38.2 Å². The molecule has 1 atom stereocenters. The minimum absolute atomic E-state index is 0.308. The van der Waals surface area contributed by atoms with Gasteiger partial charge < -0.3 is 14.8 Å². The highest BCUT2D eigenvalue weighted by molar-refractivity contribution is 5.92. The first-order valence-corrected chi connectivity index (χ1v) is 7.26. The van der Waals surface area contributed by atoms with E-state index >= 15 is 0 Å². The fraction of sp³-hybridized carbons (Fsp3) is 0.643. The van der Waals surface area contributed by atoms with Crippen molar-refractivity contribution in [3.8, 4) is 0 Å². The topological polar surface area (TPSA) is 85.7 Å². The highest BCUT2D eigenvalue weighted by Gasteiger charge is 2.24. The molecular weight excluding hydrogens is 288 g/mol. The average Bonchev–Trinajstić information content (AvgIpc) is 2.82. The molecule has 0 aliphatic carbocycles. The van der Waals surface area contributed by atoms with Gasteiger partial charge in [-0.05, 0) is 13.8 Å². The zero-order chi connectivity index (χ0) is 16.1. The molecule has 1 amide bonds. The SMILES string of the molecule is Cc1cc(NC(=O)COC(=O)C(C)N2CCOCC2)n(C)n1. The minimum Gasteiger partial charge on any atom is -0.454 e. The zero-order valence-corrected chi connectivity index (χ0v) is 13.2. The molecule has 0 saturated carbocycles. The standard InChI is InChI=1S/C14H22N4O4/c1-10-8-12(17(3)16-10)15-13(19)9-22-14(20)11(2)18-4-6-21-7-5-18/h8,11H,4-7,9H2,1-3H3,(H,15,19). The maximum absolute atomic E-state index is 12.0. The summed E-state index contributed by atoms with van der Waals surface area (Å²) < 4.78 is 11.9. The van der Waals surface area contributed by atoms with E-state index in [1.807, 2.05) is 11.8 Å². The number of nitrogens with one attached hydrogen (secondary N) is 1. The summed E-state index contributed by atoms with van der Waals surface area (Å²) in [6, 6.07) is 1.37. The second-order valence-corrected chi connectivity index (χ2v) is 5.27. The van der Waals surface area contributed by atoms with E-state index in [2.05, 4.69) is 10.4 Å². The summed E-state index contributed by atoms with van der Waals surface area (Å²) in [7, 11) is 1.73. The van der Waals surface area contributed by atoms with Crippen LogP contribution in [0.1, 0.15) is 12.6 Å². The molecule has 0 aromatic carbocycles. The largest absolute Gasteiger partial charge is 0.454 e. The highest BCUT2D eigenvalue weighted by atomic mass is 16.5. The van der Waals surface area contributed by atoms with E-state index in [4.69, 9.17) is 9.47 Å².